The second kappa shape index (κ2) is 8.95. The van der Waals surface area contributed by atoms with Gasteiger partial charge in [-0.25, -0.2) is 13.1 Å². The quantitative estimate of drug-likeness (QED) is 0.605. The molecule has 0 radical (unpaired) electrons. The zero-order valence-electron chi connectivity index (χ0n) is 16.4. The normalized spacial score (nSPS) is 15.0. The van der Waals surface area contributed by atoms with Crippen LogP contribution in [-0.4, -0.2) is 41.3 Å². The molecule has 1 heterocycles. The molecular weight excluding hydrogens is 384 g/mol. The van der Waals surface area contributed by atoms with Crippen molar-refractivity contribution in [1.82, 2.24) is 4.72 Å². The first-order valence-corrected chi connectivity index (χ1v) is 11.5. The Morgan fingerprint density at radius 2 is 1.62 bits per heavy atom. The topological polar surface area (TPSA) is 58.6 Å². The molecule has 5 nitrogen and oxygen atoms in total. The van der Waals surface area contributed by atoms with Gasteiger partial charge in [-0.2, -0.15) is 0 Å². The molecule has 3 aromatic rings. The molecule has 4 rings (SSSR count). The first-order valence-electron chi connectivity index (χ1n) is 10.0. The Labute approximate surface area is 172 Å². The zero-order valence-corrected chi connectivity index (χ0v) is 17.2. The van der Waals surface area contributed by atoms with Gasteiger partial charge in [-0.05, 0) is 42.0 Å². The first kappa shape index (κ1) is 19.9. The van der Waals surface area contributed by atoms with Crippen LogP contribution in [-0.2, 0) is 21.2 Å². The van der Waals surface area contributed by atoms with E-state index in [2.05, 4.69) is 33.9 Å². The van der Waals surface area contributed by atoms with Crippen LogP contribution in [0.4, 0.5) is 5.69 Å². The van der Waals surface area contributed by atoms with E-state index in [1.54, 1.807) is 12.1 Å². The van der Waals surface area contributed by atoms with Crippen molar-refractivity contribution in [3.63, 3.8) is 0 Å². The zero-order chi connectivity index (χ0) is 20.1. The van der Waals surface area contributed by atoms with E-state index in [1.807, 2.05) is 30.3 Å². The molecule has 1 aliphatic heterocycles. The van der Waals surface area contributed by atoms with Crippen molar-refractivity contribution in [1.29, 1.82) is 0 Å². The van der Waals surface area contributed by atoms with E-state index in [4.69, 9.17) is 4.74 Å². The molecule has 0 atom stereocenters. The van der Waals surface area contributed by atoms with Crippen molar-refractivity contribution in [3.05, 3.63) is 72.3 Å². The van der Waals surface area contributed by atoms with Crippen LogP contribution in [0.1, 0.15) is 12.0 Å². The molecule has 6 heteroatoms. The number of sulfonamides is 1. The predicted octanol–water partition coefficient (Wildman–Crippen LogP) is 3.59. The van der Waals surface area contributed by atoms with Crippen LogP contribution in [0.2, 0.25) is 0 Å². The van der Waals surface area contributed by atoms with E-state index in [0.29, 0.717) is 11.4 Å². The number of aryl methyl sites for hydroxylation is 1. The van der Waals surface area contributed by atoms with Gasteiger partial charge in [-0.3, -0.25) is 0 Å². The predicted molar refractivity (Wildman–Crippen MR) is 117 cm³/mol. The summed E-state index contributed by atoms with van der Waals surface area (Å²) in [5, 5.41) is 1.68. The van der Waals surface area contributed by atoms with Crippen LogP contribution >= 0.6 is 0 Å². The SMILES string of the molecule is O=S(=O)(NCCCc1ccc(N2CCOCC2)cc1)c1cccc2ccccc12. The standard InChI is InChI=1S/C23H26N2O3S/c26-29(27,23-9-3-7-20-6-1-2-8-22(20)23)24-14-4-5-19-10-12-21(13-11-19)25-15-17-28-18-16-25/h1-3,6-13,24H,4-5,14-18H2. The summed E-state index contributed by atoms with van der Waals surface area (Å²) >= 11 is 0. The Balaban J connectivity index is 1.33. The van der Waals surface area contributed by atoms with Gasteiger partial charge >= 0.3 is 0 Å². The molecular formula is C23H26N2O3S. The van der Waals surface area contributed by atoms with Crippen LogP contribution in [0.3, 0.4) is 0 Å². The lowest BCUT2D eigenvalue weighted by Gasteiger charge is -2.28. The lowest BCUT2D eigenvalue weighted by Crippen LogP contribution is -2.36. The van der Waals surface area contributed by atoms with Crippen molar-refractivity contribution >= 4 is 26.5 Å². The number of hydrogen-bond donors (Lipinski definition) is 1. The molecule has 0 unspecified atom stereocenters. The summed E-state index contributed by atoms with van der Waals surface area (Å²) in [6, 6.07) is 21.5. The molecule has 1 aliphatic rings. The van der Waals surface area contributed by atoms with Gasteiger partial charge < -0.3 is 9.64 Å². The number of morpholine rings is 1. The summed E-state index contributed by atoms with van der Waals surface area (Å²) in [6.07, 6.45) is 1.59. The molecule has 1 saturated heterocycles. The van der Waals surface area contributed by atoms with Crippen molar-refractivity contribution in [3.8, 4) is 0 Å². The average Bonchev–Trinajstić information content (AvgIpc) is 2.77. The van der Waals surface area contributed by atoms with Gasteiger partial charge in [0.15, 0.2) is 0 Å². The number of benzene rings is 3. The van der Waals surface area contributed by atoms with Crippen LogP contribution < -0.4 is 9.62 Å². The van der Waals surface area contributed by atoms with Gasteiger partial charge in [0.2, 0.25) is 10.0 Å². The highest BCUT2D eigenvalue weighted by Crippen LogP contribution is 2.22. The summed E-state index contributed by atoms with van der Waals surface area (Å²) < 4.78 is 33.6. The Morgan fingerprint density at radius 1 is 0.897 bits per heavy atom. The van der Waals surface area contributed by atoms with Gasteiger partial charge in [0.05, 0.1) is 18.1 Å². The van der Waals surface area contributed by atoms with Gasteiger partial charge in [-0.1, -0.05) is 48.5 Å². The van der Waals surface area contributed by atoms with Gasteiger partial charge in [0, 0.05) is 30.7 Å². The Morgan fingerprint density at radius 3 is 2.41 bits per heavy atom. The average molecular weight is 411 g/mol. The third-order valence-electron chi connectivity index (χ3n) is 5.29. The Hall–Kier alpha value is -2.41. The van der Waals surface area contributed by atoms with Crippen molar-refractivity contribution in [2.75, 3.05) is 37.7 Å². The van der Waals surface area contributed by atoms with Gasteiger partial charge in [-0.15, -0.1) is 0 Å². The van der Waals surface area contributed by atoms with E-state index in [1.165, 1.54) is 11.3 Å². The fourth-order valence-electron chi connectivity index (χ4n) is 3.70. The number of hydrogen-bond acceptors (Lipinski definition) is 4. The maximum absolute atomic E-state index is 12.8. The lowest BCUT2D eigenvalue weighted by atomic mass is 10.1. The van der Waals surface area contributed by atoms with E-state index < -0.39 is 10.0 Å². The maximum Gasteiger partial charge on any atom is 0.241 e. The molecule has 0 bridgehead atoms. The van der Waals surface area contributed by atoms with Crippen LogP contribution in [0.5, 0.6) is 0 Å². The minimum Gasteiger partial charge on any atom is -0.378 e. The highest BCUT2D eigenvalue weighted by Gasteiger charge is 2.16. The lowest BCUT2D eigenvalue weighted by molar-refractivity contribution is 0.122. The second-order valence-electron chi connectivity index (χ2n) is 7.24. The molecule has 152 valence electrons. The summed E-state index contributed by atoms with van der Waals surface area (Å²) in [5.74, 6) is 0. The molecule has 0 aromatic heterocycles. The molecule has 0 spiro atoms. The van der Waals surface area contributed by atoms with Crippen molar-refractivity contribution in [2.45, 2.75) is 17.7 Å². The van der Waals surface area contributed by atoms with Crippen molar-refractivity contribution < 1.29 is 13.2 Å². The molecule has 0 saturated carbocycles. The van der Waals surface area contributed by atoms with Crippen LogP contribution in [0.15, 0.2) is 71.6 Å². The minimum atomic E-state index is -3.53. The fourth-order valence-corrected chi connectivity index (χ4v) is 5.00. The number of fused-ring (bicyclic) bond motifs is 1. The Kier molecular flexibility index (Phi) is 6.13. The monoisotopic (exact) mass is 410 g/mol. The second-order valence-corrected chi connectivity index (χ2v) is 8.98. The number of ether oxygens (including phenoxy) is 1. The minimum absolute atomic E-state index is 0.338. The number of nitrogens with one attached hydrogen (secondary N) is 1. The van der Waals surface area contributed by atoms with Crippen LogP contribution in [0.25, 0.3) is 10.8 Å². The maximum atomic E-state index is 12.8. The molecule has 3 aromatic carbocycles. The largest absolute Gasteiger partial charge is 0.378 e. The third-order valence-corrected chi connectivity index (χ3v) is 6.81. The van der Waals surface area contributed by atoms with E-state index >= 15 is 0 Å². The molecule has 29 heavy (non-hydrogen) atoms. The number of anilines is 1. The third kappa shape index (κ3) is 4.78. The van der Waals surface area contributed by atoms with E-state index in [-0.39, 0.29) is 0 Å². The Bertz CT molecular complexity index is 1050. The van der Waals surface area contributed by atoms with Crippen LogP contribution in [0, 0.1) is 0 Å². The summed E-state index contributed by atoms with van der Waals surface area (Å²) in [6.45, 7) is 3.82. The summed E-state index contributed by atoms with van der Waals surface area (Å²) in [7, 11) is -3.53. The molecule has 0 aliphatic carbocycles. The highest BCUT2D eigenvalue weighted by molar-refractivity contribution is 7.89. The molecule has 1 N–H and O–H groups in total. The smallest absolute Gasteiger partial charge is 0.241 e. The van der Waals surface area contributed by atoms with E-state index in [9.17, 15) is 8.42 Å². The van der Waals surface area contributed by atoms with E-state index in [0.717, 1.165) is 49.9 Å². The number of nitrogens with zero attached hydrogens (tertiary/aromatic N) is 1. The fraction of sp³-hybridized carbons (Fsp3) is 0.304. The first-order chi connectivity index (χ1) is 14.1. The number of rotatable bonds is 7. The summed E-state index contributed by atoms with van der Waals surface area (Å²) in [4.78, 5) is 2.66. The highest BCUT2D eigenvalue weighted by atomic mass is 32.2. The molecule has 1 fully saturated rings. The summed E-state index contributed by atoms with van der Waals surface area (Å²) in [5.41, 5.74) is 2.43. The van der Waals surface area contributed by atoms with Gasteiger partial charge in [0.1, 0.15) is 0 Å². The van der Waals surface area contributed by atoms with Gasteiger partial charge in [0.25, 0.3) is 0 Å². The molecule has 0 amide bonds. The van der Waals surface area contributed by atoms with Crippen molar-refractivity contribution in [2.24, 2.45) is 0 Å².